The van der Waals surface area contributed by atoms with Gasteiger partial charge >= 0.3 is 6.18 Å². The van der Waals surface area contributed by atoms with Gasteiger partial charge in [0.25, 0.3) is 11.8 Å². The van der Waals surface area contributed by atoms with E-state index in [0.717, 1.165) is 17.0 Å². The van der Waals surface area contributed by atoms with E-state index in [1.807, 2.05) is 6.26 Å². The molecule has 0 fully saturated rings. The molecular weight excluding hydrogens is 441 g/mol. The van der Waals surface area contributed by atoms with Crippen LogP contribution in [0.1, 0.15) is 26.3 Å². The molecule has 3 rings (SSSR count). The van der Waals surface area contributed by atoms with Crippen molar-refractivity contribution in [3.05, 3.63) is 83.4 Å². The summed E-state index contributed by atoms with van der Waals surface area (Å²) in [4.78, 5) is 26.2. The van der Waals surface area contributed by atoms with Crippen LogP contribution in [0.4, 0.5) is 24.5 Å². The van der Waals surface area contributed by atoms with Crippen LogP contribution in [-0.2, 0) is 6.18 Å². The van der Waals surface area contributed by atoms with Crippen molar-refractivity contribution >= 4 is 35.0 Å². The molecule has 0 bridgehead atoms. The first kappa shape index (κ1) is 23.2. The Hall–Kier alpha value is -3.46. The fourth-order valence-corrected chi connectivity index (χ4v) is 3.33. The lowest BCUT2D eigenvalue weighted by atomic mass is 10.1. The first-order chi connectivity index (χ1) is 15.2. The lowest BCUT2D eigenvalue weighted by Gasteiger charge is -2.12. The van der Waals surface area contributed by atoms with E-state index in [1.54, 1.807) is 30.3 Å². The summed E-state index contributed by atoms with van der Waals surface area (Å²) in [6.07, 6.45) is -2.61. The molecule has 0 saturated heterocycles. The monoisotopic (exact) mass is 460 g/mol. The van der Waals surface area contributed by atoms with E-state index in [0.29, 0.717) is 17.0 Å². The van der Waals surface area contributed by atoms with E-state index in [4.69, 9.17) is 4.74 Å². The minimum Gasteiger partial charge on any atom is -0.496 e. The van der Waals surface area contributed by atoms with Crippen LogP contribution in [0, 0.1) is 0 Å². The van der Waals surface area contributed by atoms with Crippen LogP contribution in [-0.4, -0.2) is 25.2 Å². The molecule has 5 nitrogen and oxygen atoms in total. The maximum Gasteiger partial charge on any atom is 0.416 e. The average molecular weight is 460 g/mol. The van der Waals surface area contributed by atoms with Gasteiger partial charge in [-0.05, 0) is 60.9 Å². The number of ether oxygens (including phenoxy) is 1. The second-order valence-electron chi connectivity index (χ2n) is 6.63. The van der Waals surface area contributed by atoms with Crippen molar-refractivity contribution in [2.24, 2.45) is 0 Å². The molecule has 0 saturated carbocycles. The molecule has 0 spiro atoms. The second-order valence-corrected chi connectivity index (χ2v) is 7.51. The summed E-state index contributed by atoms with van der Waals surface area (Å²) in [5.41, 5.74) is -0.00708. The minimum absolute atomic E-state index is 0.0119. The van der Waals surface area contributed by atoms with Crippen molar-refractivity contribution in [1.82, 2.24) is 0 Å². The van der Waals surface area contributed by atoms with Crippen molar-refractivity contribution in [2.75, 3.05) is 24.0 Å². The molecule has 0 aliphatic heterocycles. The summed E-state index contributed by atoms with van der Waals surface area (Å²) in [5.74, 6) is -0.625. The molecule has 0 aliphatic carbocycles. The van der Waals surface area contributed by atoms with Gasteiger partial charge in [-0.2, -0.15) is 13.2 Å². The van der Waals surface area contributed by atoms with Crippen molar-refractivity contribution in [3.8, 4) is 5.75 Å². The average Bonchev–Trinajstić information content (AvgIpc) is 2.78. The SMILES string of the molecule is COc1cc(SC)ccc1C(=O)Nc1cccc(C(=O)Nc2cccc(C(F)(F)F)c2)c1. The van der Waals surface area contributed by atoms with Crippen LogP contribution in [0.15, 0.2) is 71.6 Å². The fraction of sp³-hybridized carbons (Fsp3) is 0.130. The van der Waals surface area contributed by atoms with Gasteiger partial charge in [-0.1, -0.05) is 12.1 Å². The standard InChI is InChI=1S/C23H19F3N2O3S/c1-31-20-13-18(32-2)9-10-19(20)22(30)28-16-7-3-5-14(11-16)21(29)27-17-8-4-6-15(12-17)23(24,25)26/h3-13H,1-2H3,(H,27,29)(H,28,30). The Kier molecular flexibility index (Phi) is 7.09. The van der Waals surface area contributed by atoms with Gasteiger partial charge < -0.3 is 15.4 Å². The zero-order valence-electron chi connectivity index (χ0n) is 17.1. The quantitative estimate of drug-likeness (QED) is 0.447. The number of methoxy groups -OCH3 is 1. The summed E-state index contributed by atoms with van der Waals surface area (Å²) < 4.78 is 43.9. The van der Waals surface area contributed by atoms with Crippen LogP contribution in [0.5, 0.6) is 5.75 Å². The third-order valence-electron chi connectivity index (χ3n) is 4.48. The first-order valence-electron chi connectivity index (χ1n) is 9.33. The molecule has 0 unspecified atom stereocenters. The molecule has 0 heterocycles. The van der Waals surface area contributed by atoms with E-state index in [9.17, 15) is 22.8 Å². The van der Waals surface area contributed by atoms with Gasteiger partial charge in [0, 0.05) is 21.8 Å². The van der Waals surface area contributed by atoms with Gasteiger partial charge in [0.05, 0.1) is 18.2 Å². The zero-order chi connectivity index (χ0) is 23.3. The van der Waals surface area contributed by atoms with Crippen LogP contribution in [0.25, 0.3) is 0 Å². The number of hydrogen-bond donors (Lipinski definition) is 2. The van der Waals surface area contributed by atoms with E-state index in [1.165, 1.54) is 43.1 Å². The van der Waals surface area contributed by atoms with Crippen LogP contribution < -0.4 is 15.4 Å². The normalized spacial score (nSPS) is 11.0. The lowest BCUT2D eigenvalue weighted by Crippen LogP contribution is -2.15. The smallest absolute Gasteiger partial charge is 0.416 e. The van der Waals surface area contributed by atoms with E-state index < -0.39 is 23.6 Å². The Morgan fingerprint density at radius 3 is 2.19 bits per heavy atom. The third kappa shape index (κ3) is 5.61. The highest BCUT2D eigenvalue weighted by atomic mass is 32.2. The van der Waals surface area contributed by atoms with Crippen molar-refractivity contribution in [1.29, 1.82) is 0 Å². The first-order valence-corrected chi connectivity index (χ1v) is 10.6. The second kappa shape index (κ2) is 9.78. The Bertz CT molecular complexity index is 1150. The van der Waals surface area contributed by atoms with Crippen LogP contribution in [0.2, 0.25) is 0 Å². The molecule has 9 heteroatoms. The van der Waals surface area contributed by atoms with E-state index >= 15 is 0 Å². The summed E-state index contributed by atoms with van der Waals surface area (Å²) in [6.45, 7) is 0. The topological polar surface area (TPSA) is 67.4 Å². The number of hydrogen-bond acceptors (Lipinski definition) is 4. The Morgan fingerprint density at radius 1 is 0.875 bits per heavy atom. The number of nitrogens with one attached hydrogen (secondary N) is 2. The maximum atomic E-state index is 12.9. The van der Waals surface area contributed by atoms with Gasteiger partial charge in [0.2, 0.25) is 0 Å². The van der Waals surface area contributed by atoms with Gasteiger partial charge in [-0.15, -0.1) is 11.8 Å². The molecule has 3 aromatic carbocycles. The number of rotatable bonds is 6. The predicted molar refractivity (Wildman–Crippen MR) is 119 cm³/mol. The van der Waals surface area contributed by atoms with Gasteiger partial charge in [0.15, 0.2) is 0 Å². The number of carbonyl (C=O) groups excluding carboxylic acids is 2. The highest BCUT2D eigenvalue weighted by Crippen LogP contribution is 2.31. The summed E-state index contributed by atoms with van der Waals surface area (Å²) in [5, 5.41) is 5.14. The Labute approximate surface area is 187 Å². The number of amides is 2. The highest BCUT2D eigenvalue weighted by Gasteiger charge is 2.30. The highest BCUT2D eigenvalue weighted by molar-refractivity contribution is 7.98. The summed E-state index contributed by atoms with van der Waals surface area (Å²) in [7, 11) is 1.47. The van der Waals surface area contributed by atoms with E-state index in [-0.39, 0.29) is 11.3 Å². The molecule has 2 N–H and O–H groups in total. The Morgan fingerprint density at radius 2 is 1.53 bits per heavy atom. The van der Waals surface area contributed by atoms with Gasteiger partial charge in [-0.25, -0.2) is 0 Å². The molecule has 0 radical (unpaired) electrons. The summed E-state index contributed by atoms with van der Waals surface area (Å²) >= 11 is 1.51. The van der Waals surface area contributed by atoms with E-state index in [2.05, 4.69) is 10.6 Å². The maximum absolute atomic E-state index is 12.9. The number of benzene rings is 3. The molecule has 2 amide bonds. The molecule has 166 valence electrons. The zero-order valence-corrected chi connectivity index (χ0v) is 17.9. The predicted octanol–water partition coefficient (Wildman–Crippen LogP) is 5.94. The van der Waals surface area contributed by atoms with Gasteiger partial charge in [-0.3, -0.25) is 9.59 Å². The molecule has 0 atom stereocenters. The molecule has 0 aliphatic rings. The Balaban J connectivity index is 1.76. The van der Waals surface area contributed by atoms with Crippen molar-refractivity contribution in [2.45, 2.75) is 11.1 Å². The number of halogens is 3. The molecule has 0 aromatic heterocycles. The van der Waals surface area contributed by atoms with Crippen molar-refractivity contribution in [3.63, 3.8) is 0 Å². The third-order valence-corrected chi connectivity index (χ3v) is 5.21. The summed E-state index contributed by atoms with van der Waals surface area (Å²) in [6, 6.07) is 15.6. The number of thioether (sulfide) groups is 1. The van der Waals surface area contributed by atoms with Gasteiger partial charge in [0.1, 0.15) is 5.75 Å². The largest absolute Gasteiger partial charge is 0.496 e. The lowest BCUT2D eigenvalue weighted by molar-refractivity contribution is -0.137. The van der Waals surface area contributed by atoms with Crippen LogP contribution >= 0.6 is 11.8 Å². The number of anilines is 2. The minimum atomic E-state index is -4.51. The number of alkyl halides is 3. The van der Waals surface area contributed by atoms with Crippen molar-refractivity contribution < 1.29 is 27.5 Å². The number of carbonyl (C=O) groups is 2. The molecule has 3 aromatic rings. The molecular formula is C23H19F3N2O3S. The van der Waals surface area contributed by atoms with Crippen LogP contribution in [0.3, 0.4) is 0 Å². The molecule has 32 heavy (non-hydrogen) atoms. The fourth-order valence-electron chi connectivity index (χ4n) is 2.90.